The molecule has 1 aromatic rings. The Morgan fingerprint density at radius 1 is 1.44 bits per heavy atom. The van der Waals surface area contributed by atoms with E-state index in [0.29, 0.717) is 0 Å². The number of hydrogen-bond donors (Lipinski definition) is 3. The van der Waals surface area contributed by atoms with Gasteiger partial charge in [0.25, 0.3) is 5.91 Å². The fraction of sp³-hybridized carbons (Fsp3) is 0.273. The lowest BCUT2D eigenvalue weighted by Gasteiger charge is -2.11. The van der Waals surface area contributed by atoms with Crippen LogP contribution in [0.4, 0.5) is 0 Å². The summed E-state index contributed by atoms with van der Waals surface area (Å²) in [6.07, 6.45) is 0. The summed E-state index contributed by atoms with van der Waals surface area (Å²) in [5.74, 6) is -1.27. The molecule has 0 bridgehead atoms. The van der Waals surface area contributed by atoms with Crippen LogP contribution < -0.4 is 11.1 Å². The normalized spacial score (nSPS) is 11.9. The summed E-state index contributed by atoms with van der Waals surface area (Å²) in [4.78, 5) is 22.4. The van der Waals surface area contributed by atoms with Crippen LogP contribution in [0.3, 0.4) is 0 Å². The highest BCUT2D eigenvalue weighted by Crippen LogP contribution is 2.17. The lowest BCUT2D eigenvalue weighted by molar-refractivity contribution is -0.119. The molecule has 86 valence electrons. The summed E-state index contributed by atoms with van der Waals surface area (Å²) in [6.45, 7) is 3.28. The molecule has 4 N–H and O–H groups in total. The minimum atomic E-state index is -0.771. The third-order valence-corrected chi connectivity index (χ3v) is 2.17. The van der Waals surface area contributed by atoms with E-state index in [1.807, 2.05) is 0 Å². The van der Waals surface area contributed by atoms with Crippen molar-refractivity contribution < 1.29 is 14.7 Å². The van der Waals surface area contributed by atoms with Gasteiger partial charge in [-0.1, -0.05) is 11.6 Å². The Labute approximate surface area is 93.3 Å². The molecule has 1 unspecified atom stereocenters. The molecule has 1 atom stereocenters. The van der Waals surface area contributed by atoms with E-state index in [1.54, 1.807) is 19.1 Å². The van der Waals surface area contributed by atoms with Crippen LogP contribution in [-0.4, -0.2) is 23.0 Å². The first-order chi connectivity index (χ1) is 7.41. The molecule has 0 aliphatic rings. The van der Waals surface area contributed by atoms with Gasteiger partial charge in [0, 0.05) is 0 Å². The van der Waals surface area contributed by atoms with Gasteiger partial charge in [-0.3, -0.25) is 9.59 Å². The van der Waals surface area contributed by atoms with E-state index in [2.05, 4.69) is 5.32 Å². The van der Waals surface area contributed by atoms with Crippen molar-refractivity contribution in [2.45, 2.75) is 19.9 Å². The average molecular weight is 222 g/mol. The van der Waals surface area contributed by atoms with Crippen LogP contribution in [0, 0.1) is 6.92 Å². The van der Waals surface area contributed by atoms with Crippen molar-refractivity contribution in [2.24, 2.45) is 5.73 Å². The first-order valence-electron chi connectivity index (χ1n) is 4.81. The maximum atomic E-state index is 11.7. The Kier molecular flexibility index (Phi) is 3.50. The van der Waals surface area contributed by atoms with Gasteiger partial charge >= 0.3 is 0 Å². The second-order valence-electron chi connectivity index (χ2n) is 3.62. The molecule has 0 aliphatic carbocycles. The molecule has 1 rings (SSSR count). The number of phenolic OH excluding ortho intramolecular Hbond substituents is 1. The van der Waals surface area contributed by atoms with E-state index in [0.717, 1.165) is 5.56 Å². The third kappa shape index (κ3) is 2.73. The predicted octanol–water partition coefficient (Wildman–Crippen LogP) is 0.304. The van der Waals surface area contributed by atoms with Crippen molar-refractivity contribution in [2.75, 3.05) is 0 Å². The number of aryl methyl sites for hydroxylation is 1. The van der Waals surface area contributed by atoms with E-state index in [4.69, 9.17) is 5.73 Å². The van der Waals surface area contributed by atoms with Crippen LogP contribution in [0.1, 0.15) is 22.8 Å². The number of aromatic hydroxyl groups is 1. The summed E-state index contributed by atoms with van der Waals surface area (Å²) in [5, 5.41) is 11.9. The molecular formula is C11H14N2O3. The third-order valence-electron chi connectivity index (χ3n) is 2.17. The molecule has 5 heteroatoms. The molecule has 0 aliphatic heterocycles. The highest BCUT2D eigenvalue weighted by Gasteiger charge is 2.16. The Morgan fingerprint density at radius 2 is 2.06 bits per heavy atom. The van der Waals surface area contributed by atoms with E-state index in [9.17, 15) is 14.7 Å². The van der Waals surface area contributed by atoms with Crippen molar-refractivity contribution in [1.29, 1.82) is 0 Å². The zero-order valence-corrected chi connectivity index (χ0v) is 9.15. The molecule has 1 aromatic carbocycles. The van der Waals surface area contributed by atoms with Crippen LogP contribution in [0.15, 0.2) is 18.2 Å². The molecular weight excluding hydrogens is 208 g/mol. The standard InChI is InChI=1S/C11H14N2O3/c1-6-3-4-9(14)8(5-6)11(16)13-7(2)10(12)15/h3-5,7,14H,1-2H3,(H2,12,15)(H,13,16). The Hall–Kier alpha value is -2.04. The lowest BCUT2D eigenvalue weighted by Crippen LogP contribution is -2.42. The van der Waals surface area contributed by atoms with Crippen molar-refractivity contribution in [3.8, 4) is 5.75 Å². The van der Waals surface area contributed by atoms with E-state index in [-0.39, 0.29) is 11.3 Å². The Balaban J connectivity index is 2.88. The van der Waals surface area contributed by atoms with E-state index >= 15 is 0 Å². The number of benzene rings is 1. The summed E-state index contributed by atoms with van der Waals surface area (Å²) >= 11 is 0. The number of carbonyl (C=O) groups excluding carboxylic acids is 2. The van der Waals surface area contributed by atoms with Gasteiger partial charge in [0.15, 0.2) is 0 Å². The second-order valence-corrected chi connectivity index (χ2v) is 3.62. The lowest BCUT2D eigenvalue weighted by atomic mass is 10.1. The van der Waals surface area contributed by atoms with Gasteiger partial charge < -0.3 is 16.2 Å². The smallest absolute Gasteiger partial charge is 0.255 e. The maximum Gasteiger partial charge on any atom is 0.255 e. The average Bonchev–Trinajstić information content (AvgIpc) is 2.21. The predicted molar refractivity (Wildman–Crippen MR) is 59.0 cm³/mol. The van der Waals surface area contributed by atoms with Gasteiger partial charge in [0.1, 0.15) is 11.8 Å². The van der Waals surface area contributed by atoms with Gasteiger partial charge in [-0.15, -0.1) is 0 Å². The molecule has 0 spiro atoms. The molecule has 0 saturated carbocycles. The molecule has 5 nitrogen and oxygen atoms in total. The monoisotopic (exact) mass is 222 g/mol. The van der Waals surface area contributed by atoms with Gasteiger partial charge in [0.05, 0.1) is 5.56 Å². The first-order valence-corrected chi connectivity index (χ1v) is 4.81. The topological polar surface area (TPSA) is 92.4 Å². The molecule has 0 aromatic heterocycles. The van der Waals surface area contributed by atoms with Crippen molar-refractivity contribution in [3.63, 3.8) is 0 Å². The van der Waals surface area contributed by atoms with Crippen molar-refractivity contribution >= 4 is 11.8 Å². The van der Waals surface area contributed by atoms with Gasteiger partial charge in [0.2, 0.25) is 5.91 Å². The highest BCUT2D eigenvalue weighted by molar-refractivity contribution is 5.99. The molecule has 0 fully saturated rings. The summed E-state index contributed by atoms with van der Waals surface area (Å²) in [6, 6.07) is 3.88. The van der Waals surface area contributed by atoms with Crippen molar-refractivity contribution in [1.82, 2.24) is 5.32 Å². The van der Waals surface area contributed by atoms with Crippen LogP contribution in [0.5, 0.6) is 5.75 Å². The fourth-order valence-electron chi connectivity index (χ4n) is 1.18. The van der Waals surface area contributed by atoms with Crippen molar-refractivity contribution in [3.05, 3.63) is 29.3 Å². The van der Waals surface area contributed by atoms with Gasteiger partial charge in [-0.25, -0.2) is 0 Å². The zero-order valence-electron chi connectivity index (χ0n) is 9.15. The Morgan fingerprint density at radius 3 is 2.62 bits per heavy atom. The number of hydrogen-bond acceptors (Lipinski definition) is 3. The van der Waals surface area contributed by atoms with E-state index < -0.39 is 17.9 Å². The van der Waals surface area contributed by atoms with E-state index in [1.165, 1.54) is 13.0 Å². The minimum Gasteiger partial charge on any atom is -0.507 e. The minimum absolute atomic E-state index is 0.125. The van der Waals surface area contributed by atoms with Crippen LogP contribution >= 0.6 is 0 Å². The fourth-order valence-corrected chi connectivity index (χ4v) is 1.18. The van der Waals surface area contributed by atoms with Crippen LogP contribution in [0.25, 0.3) is 0 Å². The first kappa shape index (κ1) is 12.0. The largest absolute Gasteiger partial charge is 0.507 e. The zero-order chi connectivity index (χ0) is 12.3. The van der Waals surface area contributed by atoms with Crippen LogP contribution in [-0.2, 0) is 4.79 Å². The Bertz CT molecular complexity index is 429. The number of phenols is 1. The molecule has 0 heterocycles. The SMILES string of the molecule is Cc1ccc(O)c(C(=O)NC(C)C(N)=O)c1. The highest BCUT2D eigenvalue weighted by atomic mass is 16.3. The second kappa shape index (κ2) is 4.65. The quantitative estimate of drug-likeness (QED) is 0.687. The summed E-state index contributed by atoms with van der Waals surface area (Å²) in [5.41, 5.74) is 5.99. The number of primary amides is 1. The maximum absolute atomic E-state index is 11.7. The number of nitrogens with two attached hydrogens (primary N) is 1. The summed E-state index contributed by atoms with van der Waals surface area (Å²) < 4.78 is 0. The molecule has 0 saturated heterocycles. The number of nitrogens with one attached hydrogen (secondary N) is 1. The molecule has 16 heavy (non-hydrogen) atoms. The van der Waals surface area contributed by atoms with Crippen LogP contribution in [0.2, 0.25) is 0 Å². The summed E-state index contributed by atoms with van der Waals surface area (Å²) in [7, 11) is 0. The number of rotatable bonds is 3. The van der Waals surface area contributed by atoms with Gasteiger partial charge in [-0.2, -0.15) is 0 Å². The molecule has 2 amide bonds. The van der Waals surface area contributed by atoms with Gasteiger partial charge in [-0.05, 0) is 26.0 Å². The number of amides is 2. The number of carbonyl (C=O) groups is 2. The molecule has 0 radical (unpaired) electrons.